The number of carbonyl (C=O) groups excluding carboxylic acids is 2. The predicted molar refractivity (Wildman–Crippen MR) is 81.0 cm³/mol. The molecule has 1 aromatic rings. The Balaban J connectivity index is 1.80. The van der Waals surface area contributed by atoms with Gasteiger partial charge in [-0.15, -0.1) is 0 Å². The highest BCUT2D eigenvalue weighted by Crippen LogP contribution is 2.21. The predicted octanol–water partition coefficient (Wildman–Crippen LogP) is 1.77. The minimum Gasteiger partial charge on any atom is -0.359 e. The minimum atomic E-state index is -0.121. The highest BCUT2D eigenvalue weighted by Gasteiger charge is 2.24. The van der Waals surface area contributed by atoms with Crippen LogP contribution in [-0.4, -0.2) is 42.0 Å². The maximum atomic E-state index is 12.1. The molecule has 1 saturated heterocycles. The number of likely N-dealkylation sites (tertiary alicyclic amines) is 1. The fourth-order valence-corrected chi connectivity index (χ4v) is 2.43. The van der Waals surface area contributed by atoms with Crippen LogP contribution < -0.4 is 10.6 Å². The van der Waals surface area contributed by atoms with Crippen LogP contribution in [0.3, 0.4) is 0 Å². The molecule has 0 atom stereocenters. The van der Waals surface area contributed by atoms with Crippen molar-refractivity contribution in [2.24, 2.45) is 5.92 Å². The van der Waals surface area contributed by atoms with E-state index in [1.54, 1.807) is 24.2 Å². The van der Waals surface area contributed by atoms with Gasteiger partial charge in [-0.3, -0.25) is 10.1 Å². The number of aryl methyl sites for hydroxylation is 1. The molecular weight excluding hydrogens is 268 g/mol. The lowest BCUT2D eigenvalue weighted by Gasteiger charge is -2.31. The second-order valence-electron chi connectivity index (χ2n) is 5.46. The van der Waals surface area contributed by atoms with Gasteiger partial charge in [0.2, 0.25) is 5.91 Å². The van der Waals surface area contributed by atoms with E-state index in [9.17, 15) is 9.59 Å². The summed E-state index contributed by atoms with van der Waals surface area (Å²) >= 11 is 0. The molecule has 2 heterocycles. The molecule has 0 unspecified atom stereocenters. The molecule has 1 aliphatic heterocycles. The summed E-state index contributed by atoms with van der Waals surface area (Å²) in [6.07, 6.45) is 4.00. The van der Waals surface area contributed by atoms with E-state index < -0.39 is 0 Å². The van der Waals surface area contributed by atoms with Crippen LogP contribution in [0.15, 0.2) is 18.3 Å². The van der Waals surface area contributed by atoms with Crippen molar-refractivity contribution in [1.29, 1.82) is 0 Å². The molecule has 2 rings (SSSR count). The first-order valence-corrected chi connectivity index (χ1v) is 7.27. The molecule has 0 aromatic carbocycles. The van der Waals surface area contributed by atoms with Crippen LogP contribution in [0.5, 0.6) is 0 Å². The number of carbonyl (C=O) groups is 2. The van der Waals surface area contributed by atoms with E-state index in [4.69, 9.17) is 0 Å². The van der Waals surface area contributed by atoms with Crippen LogP contribution >= 0.6 is 0 Å². The number of urea groups is 1. The molecule has 1 aromatic heterocycles. The Kier molecular flexibility index (Phi) is 5.14. The van der Waals surface area contributed by atoms with Gasteiger partial charge < -0.3 is 10.2 Å². The largest absolute Gasteiger partial charge is 0.359 e. The lowest BCUT2D eigenvalue weighted by Crippen LogP contribution is -2.41. The van der Waals surface area contributed by atoms with Crippen LogP contribution in [0.4, 0.5) is 10.6 Å². The fourth-order valence-electron chi connectivity index (χ4n) is 2.43. The van der Waals surface area contributed by atoms with Crippen LogP contribution in [0.25, 0.3) is 0 Å². The van der Waals surface area contributed by atoms with E-state index in [1.165, 1.54) is 0 Å². The smallest absolute Gasteiger partial charge is 0.323 e. The Hall–Kier alpha value is -2.11. The third-order valence-electron chi connectivity index (χ3n) is 3.80. The number of nitrogens with one attached hydrogen (secondary N) is 2. The van der Waals surface area contributed by atoms with Gasteiger partial charge in [0.15, 0.2) is 0 Å². The first-order valence-electron chi connectivity index (χ1n) is 7.27. The zero-order valence-electron chi connectivity index (χ0n) is 12.6. The molecule has 0 aliphatic carbocycles. The van der Waals surface area contributed by atoms with Gasteiger partial charge in [0.05, 0.1) is 0 Å². The Bertz CT molecular complexity index is 493. The third kappa shape index (κ3) is 4.44. The van der Waals surface area contributed by atoms with Crippen molar-refractivity contribution in [3.05, 3.63) is 23.9 Å². The van der Waals surface area contributed by atoms with Gasteiger partial charge in [-0.25, -0.2) is 9.78 Å². The molecule has 114 valence electrons. The number of rotatable bonds is 3. The van der Waals surface area contributed by atoms with Crippen molar-refractivity contribution in [2.75, 3.05) is 25.5 Å². The molecule has 0 bridgehead atoms. The Morgan fingerprint density at radius 1 is 1.33 bits per heavy atom. The second kappa shape index (κ2) is 7.06. The summed E-state index contributed by atoms with van der Waals surface area (Å²) in [7, 11) is 1.65. The van der Waals surface area contributed by atoms with Gasteiger partial charge in [0, 0.05) is 32.8 Å². The van der Waals surface area contributed by atoms with Gasteiger partial charge in [0.1, 0.15) is 5.82 Å². The van der Waals surface area contributed by atoms with E-state index >= 15 is 0 Å². The number of nitrogens with zero attached hydrogens (tertiary/aromatic N) is 2. The Morgan fingerprint density at radius 2 is 2.05 bits per heavy atom. The van der Waals surface area contributed by atoms with Crippen LogP contribution in [0.1, 0.15) is 24.8 Å². The van der Waals surface area contributed by atoms with Crippen LogP contribution in [0, 0.1) is 12.8 Å². The van der Waals surface area contributed by atoms with Crippen molar-refractivity contribution in [3.63, 3.8) is 0 Å². The van der Waals surface area contributed by atoms with E-state index in [0.717, 1.165) is 18.4 Å². The topological polar surface area (TPSA) is 74.3 Å². The monoisotopic (exact) mass is 290 g/mol. The number of hydrogen-bond donors (Lipinski definition) is 2. The quantitative estimate of drug-likeness (QED) is 0.891. The highest BCUT2D eigenvalue weighted by atomic mass is 16.2. The molecule has 6 heteroatoms. The second-order valence-corrected chi connectivity index (χ2v) is 5.46. The standard InChI is InChI=1S/C15H22N4O2/c1-11-3-4-13(17-10-11)18-15(21)19-7-5-12(6-8-19)9-14(20)16-2/h3-4,10,12H,5-9H2,1-2H3,(H,16,20)(H,17,18,21). The zero-order valence-corrected chi connectivity index (χ0v) is 12.6. The van der Waals surface area contributed by atoms with Crippen molar-refractivity contribution in [2.45, 2.75) is 26.2 Å². The summed E-state index contributed by atoms with van der Waals surface area (Å²) < 4.78 is 0. The minimum absolute atomic E-state index is 0.0711. The molecule has 6 nitrogen and oxygen atoms in total. The third-order valence-corrected chi connectivity index (χ3v) is 3.80. The molecule has 1 aliphatic rings. The lowest BCUT2D eigenvalue weighted by atomic mass is 9.93. The van der Waals surface area contributed by atoms with Gasteiger partial charge in [-0.1, -0.05) is 6.07 Å². The number of pyridine rings is 1. The van der Waals surface area contributed by atoms with E-state index in [1.807, 2.05) is 13.0 Å². The van der Waals surface area contributed by atoms with E-state index in [0.29, 0.717) is 31.2 Å². The van der Waals surface area contributed by atoms with Gasteiger partial charge in [-0.05, 0) is 37.3 Å². The average Bonchev–Trinajstić information content (AvgIpc) is 2.50. The maximum absolute atomic E-state index is 12.1. The normalized spacial score (nSPS) is 15.6. The summed E-state index contributed by atoms with van der Waals surface area (Å²) in [5.41, 5.74) is 1.06. The van der Waals surface area contributed by atoms with Gasteiger partial charge in [-0.2, -0.15) is 0 Å². The first-order chi connectivity index (χ1) is 10.1. The number of amides is 3. The zero-order chi connectivity index (χ0) is 15.2. The Labute approximate surface area is 124 Å². The number of hydrogen-bond acceptors (Lipinski definition) is 3. The summed E-state index contributed by atoms with van der Waals surface area (Å²) in [5, 5.41) is 5.45. The highest BCUT2D eigenvalue weighted by molar-refractivity contribution is 5.88. The molecule has 3 amide bonds. The number of piperidine rings is 1. The molecule has 0 radical (unpaired) electrons. The van der Waals surface area contributed by atoms with Crippen molar-refractivity contribution >= 4 is 17.8 Å². The van der Waals surface area contributed by atoms with Crippen LogP contribution in [0.2, 0.25) is 0 Å². The fraction of sp³-hybridized carbons (Fsp3) is 0.533. The molecule has 1 fully saturated rings. The van der Waals surface area contributed by atoms with Crippen molar-refractivity contribution in [1.82, 2.24) is 15.2 Å². The summed E-state index contributed by atoms with van der Waals surface area (Å²) in [6, 6.07) is 3.59. The lowest BCUT2D eigenvalue weighted by molar-refractivity contribution is -0.121. The number of aromatic nitrogens is 1. The summed E-state index contributed by atoms with van der Waals surface area (Å²) in [4.78, 5) is 29.4. The van der Waals surface area contributed by atoms with E-state index in [-0.39, 0.29) is 11.9 Å². The Morgan fingerprint density at radius 3 is 2.62 bits per heavy atom. The van der Waals surface area contributed by atoms with Crippen molar-refractivity contribution in [3.8, 4) is 0 Å². The molecule has 0 spiro atoms. The van der Waals surface area contributed by atoms with Gasteiger partial charge >= 0.3 is 6.03 Å². The molecule has 0 saturated carbocycles. The van der Waals surface area contributed by atoms with E-state index in [2.05, 4.69) is 15.6 Å². The summed E-state index contributed by atoms with van der Waals surface area (Å²) in [5.74, 6) is 1.01. The van der Waals surface area contributed by atoms with Gasteiger partial charge in [0.25, 0.3) is 0 Å². The SMILES string of the molecule is CNC(=O)CC1CCN(C(=O)Nc2ccc(C)cn2)CC1. The molecule has 21 heavy (non-hydrogen) atoms. The van der Waals surface area contributed by atoms with Crippen molar-refractivity contribution < 1.29 is 9.59 Å². The molecule has 2 N–H and O–H groups in total. The summed E-state index contributed by atoms with van der Waals surface area (Å²) in [6.45, 7) is 3.31. The first kappa shape index (κ1) is 15.3. The van der Waals surface area contributed by atoms with Crippen LogP contribution in [-0.2, 0) is 4.79 Å². The average molecular weight is 290 g/mol. The maximum Gasteiger partial charge on any atom is 0.323 e. The molecular formula is C15H22N4O2. The number of anilines is 1.